The number of nitrogens with zero attached hydrogens (tertiary/aromatic N) is 3. The van der Waals surface area contributed by atoms with E-state index >= 15 is 0 Å². The molecule has 26 heavy (non-hydrogen) atoms. The van der Waals surface area contributed by atoms with Gasteiger partial charge < -0.3 is 14.5 Å². The summed E-state index contributed by atoms with van der Waals surface area (Å²) in [6.07, 6.45) is -0.324. The number of rotatable bonds is 1. The van der Waals surface area contributed by atoms with Crippen LogP contribution < -0.4 is 0 Å². The summed E-state index contributed by atoms with van der Waals surface area (Å²) in [5.74, 6) is -0.0180. The van der Waals surface area contributed by atoms with Crippen molar-refractivity contribution in [2.45, 2.75) is 33.3 Å². The van der Waals surface area contributed by atoms with Gasteiger partial charge in [0, 0.05) is 37.3 Å². The van der Waals surface area contributed by atoms with Crippen molar-refractivity contribution in [3.63, 3.8) is 0 Å². The molecule has 1 fully saturated rings. The highest BCUT2D eigenvalue weighted by Crippen LogP contribution is 2.21. The molecule has 0 bridgehead atoms. The number of fused-ring (bicyclic) bond motifs is 1. The van der Waals surface area contributed by atoms with Gasteiger partial charge in [-0.3, -0.25) is 9.78 Å². The van der Waals surface area contributed by atoms with Gasteiger partial charge in [-0.05, 0) is 39.8 Å². The number of carbonyl (C=O) groups excluding carboxylic acids is 2. The fourth-order valence-electron chi connectivity index (χ4n) is 3.07. The molecule has 0 saturated carbocycles. The van der Waals surface area contributed by atoms with Crippen molar-refractivity contribution in [1.82, 2.24) is 14.8 Å². The number of piperazine rings is 1. The molecule has 1 saturated heterocycles. The third-order valence-corrected chi connectivity index (χ3v) is 4.29. The number of benzene rings is 1. The predicted molar refractivity (Wildman–Crippen MR) is 100 cm³/mol. The van der Waals surface area contributed by atoms with Crippen molar-refractivity contribution in [2.75, 3.05) is 26.2 Å². The van der Waals surface area contributed by atoms with Crippen LogP contribution in [0.25, 0.3) is 10.9 Å². The summed E-state index contributed by atoms with van der Waals surface area (Å²) in [7, 11) is 0. The van der Waals surface area contributed by atoms with Gasteiger partial charge in [-0.25, -0.2) is 4.79 Å². The van der Waals surface area contributed by atoms with Crippen LogP contribution in [0.15, 0.2) is 30.3 Å². The lowest BCUT2D eigenvalue weighted by atomic mass is 10.1. The lowest BCUT2D eigenvalue weighted by Gasteiger charge is -2.35. The molecule has 6 heteroatoms. The first-order chi connectivity index (χ1) is 12.2. The van der Waals surface area contributed by atoms with Crippen LogP contribution in [-0.4, -0.2) is 58.6 Å². The van der Waals surface area contributed by atoms with E-state index in [1.165, 1.54) is 0 Å². The molecular weight excluding hydrogens is 330 g/mol. The summed E-state index contributed by atoms with van der Waals surface area (Å²) in [5.41, 5.74) is 1.79. The summed E-state index contributed by atoms with van der Waals surface area (Å²) in [6, 6.07) is 9.51. The summed E-state index contributed by atoms with van der Waals surface area (Å²) in [4.78, 5) is 33.2. The second-order valence-corrected chi connectivity index (χ2v) is 7.59. The maximum absolute atomic E-state index is 13.0. The number of pyridine rings is 1. The minimum atomic E-state index is -0.516. The van der Waals surface area contributed by atoms with E-state index in [0.29, 0.717) is 31.7 Å². The largest absolute Gasteiger partial charge is 0.444 e. The molecule has 0 aliphatic carbocycles. The van der Waals surface area contributed by atoms with E-state index in [1.54, 1.807) is 9.80 Å². The number of amides is 2. The molecule has 1 aliphatic rings. The third-order valence-electron chi connectivity index (χ3n) is 4.29. The first-order valence-electron chi connectivity index (χ1n) is 8.88. The molecule has 2 heterocycles. The van der Waals surface area contributed by atoms with Crippen LogP contribution in [0.2, 0.25) is 0 Å². The molecule has 1 aromatic carbocycles. The summed E-state index contributed by atoms with van der Waals surface area (Å²) < 4.78 is 5.41. The molecule has 0 spiro atoms. The Morgan fingerprint density at radius 3 is 2.31 bits per heavy atom. The monoisotopic (exact) mass is 355 g/mol. The van der Waals surface area contributed by atoms with E-state index < -0.39 is 5.60 Å². The minimum Gasteiger partial charge on any atom is -0.444 e. The quantitative estimate of drug-likeness (QED) is 0.788. The minimum absolute atomic E-state index is 0.0180. The highest BCUT2D eigenvalue weighted by atomic mass is 16.6. The van der Waals surface area contributed by atoms with Crippen LogP contribution >= 0.6 is 0 Å². The third kappa shape index (κ3) is 3.95. The van der Waals surface area contributed by atoms with Gasteiger partial charge in [0.25, 0.3) is 5.91 Å². The number of ether oxygens (including phenoxy) is 1. The number of carbonyl (C=O) groups is 2. The molecule has 0 radical (unpaired) electrons. The van der Waals surface area contributed by atoms with Gasteiger partial charge in [0.2, 0.25) is 0 Å². The van der Waals surface area contributed by atoms with Crippen LogP contribution in [0, 0.1) is 6.92 Å². The van der Waals surface area contributed by atoms with Crippen molar-refractivity contribution >= 4 is 22.9 Å². The van der Waals surface area contributed by atoms with Crippen molar-refractivity contribution in [2.24, 2.45) is 0 Å². The van der Waals surface area contributed by atoms with E-state index in [4.69, 9.17) is 4.74 Å². The SMILES string of the molecule is Cc1cc(C(=O)N2CCN(C(=O)OC(C)(C)C)CC2)c2ccccc2n1. The summed E-state index contributed by atoms with van der Waals surface area (Å²) in [6.45, 7) is 9.38. The highest BCUT2D eigenvalue weighted by molar-refractivity contribution is 6.06. The molecule has 1 aromatic heterocycles. The van der Waals surface area contributed by atoms with Crippen LogP contribution in [0.3, 0.4) is 0 Å². The van der Waals surface area contributed by atoms with E-state index in [9.17, 15) is 9.59 Å². The first-order valence-corrected chi connectivity index (χ1v) is 8.88. The Hall–Kier alpha value is -2.63. The summed E-state index contributed by atoms with van der Waals surface area (Å²) in [5, 5.41) is 0.859. The predicted octanol–water partition coefficient (Wildman–Crippen LogP) is 3.24. The van der Waals surface area contributed by atoms with Crippen LogP contribution in [-0.2, 0) is 4.74 Å². The topological polar surface area (TPSA) is 62.7 Å². The van der Waals surface area contributed by atoms with E-state index in [-0.39, 0.29) is 12.0 Å². The number of aromatic nitrogens is 1. The Morgan fingerprint density at radius 2 is 1.65 bits per heavy atom. The molecule has 1 aliphatic heterocycles. The fourth-order valence-corrected chi connectivity index (χ4v) is 3.07. The first kappa shape index (κ1) is 18.2. The Kier molecular flexibility index (Phi) is 4.85. The lowest BCUT2D eigenvalue weighted by molar-refractivity contribution is 0.0141. The lowest BCUT2D eigenvalue weighted by Crippen LogP contribution is -2.51. The maximum Gasteiger partial charge on any atom is 0.410 e. The number of hydrogen-bond donors (Lipinski definition) is 0. The van der Waals surface area contributed by atoms with Gasteiger partial charge >= 0.3 is 6.09 Å². The standard InChI is InChI=1S/C20H25N3O3/c1-14-13-16(15-7-5-6-8-17(15)21-14)18(24)22-9-11-23(12-10-22)19(25)26-20(2,3)4/h5-8,13H,9-12H2,1-4H3. The average molecular weight is 355 g/mol. The fraction of sp³-hybridized carbons (Fsp3) is 0.450. The van der Waals surface area contributed by atoms with Crippen molar-refractivity contribution in [3.05, 3.63) is 41.6 Å². The van der Waals surface area contributed by atoms with E-state index in [0.717, 1.165) is 16.6 Å². The molecular formula is C20H25N3O3. The molecule has 0 N–H and O–H groups in total. The van der Waals surface area contributed by atoms with E-state index in [2.05, 4.69) is 4.98 Å². The van der Waals surface area contributed by atoms with Gasteiger partial charge in [-0.15, -0.1) is 0 Å². The van der Waals surface area contributed by atoms with Crippen molar-refractivity contribution < 1.29 is 14.3 Å². The zero-order chi connectivity index (χ0) is 18.9. The second kappa shape index (κ2) is 6.94. The van der Waals surface area contributed by atoms with E-state index in [1.807, 2.05) is 58.0 Å². The molecule has 2 amide bonds. The van der Waals surface area contributed by atoms with Gasteiger partial charge in [-0.1, -0.05) is 18.2 Å². The zero-order valence-electron chi connectivity index (χ0n) is 15.8. The molecule has 138 valence electrons. The molecule has 0 atom stereocenters. The highest BCUT2D eigenvalue weighted by Gasteiger charge is 2.28. The van der Waals surface area contributed by atoms with Crippen molar-refractivity contribution in [3.8, 4) is 0 Å². The van der Waals surface area contributed by atoms with Crippen LogP contribution in [0.4, 0.5) is 4.79 Å². The zero-order valence-corrected chi connectivity index (χ0v) is 15.8. The Labute approximate surface area is 153 Å². The summed E-state index contributed by atoms with van der Waals surface area (Å²) >= 11 is 0. The molecule has 3 rings (SSSR count). The van der Waals surface area contributed by atoms with Gasteiger partial charge in [0.15, 0.2) is 0 Å². The van der Waals surface area contributed by atoms with Crippen LogP contribution in [0.1, 0.15) is 36.8 Å². The second-order valence-electron chi connectivity index (χ2n) is 7.59. The number of aryl methyl sites for hydroxylation is 1. The normalized spacial score (nSPS) is 15.2. The number of hydrogen-bond acceptors (Lipinski definition) is 4. The smallest absolute Gasteiger partial charge is 0.410 e. The van der Waals surface area contributed by atoms with Gasteiger partial charge in [0.05, 0.1) is 11.1 Å². The number of para-hydroxylation sites is 1. The Bertz CT molecular complexity index is 834. The van der Waals surface area contributed by atoms with Gasteiger partial charge in [0.1, 0.15) is 5.60 Å². The molecule has 6 nitrogen and oxygen atoms in total. The maximum atomic E-state index is 13.0. The Morgan fingerprint density at radius 1 is 1.04 bits per heavy atom. The average Bonchev–Trinajstić information content (AvgIpc) is 2.59. The molecule has 0 unspecified atom stereocenters. The van der Waals surface area contributed by atoms with Crippen molar-refractivity contribution in [1.29, 1.82) is 0 Å². The van der Waals surface area contributed by atoms with Gasteiger partial charge in [-0.2, -0.15) is 0 Å². The van der Waals surface area contributed by atoms with Crippen LogP contribution in [0.5, 0.6) is 0 Å². The molecule has 2 aromatic rings. The Balaban J connectivity index is 1.73.